The average molecular weight is 1010 g/mol. The van der Waals surface area contributed by atoms with Gasteiger partial charge in [0.25, 0.3) is 7.82 Å². The molecule has 0 aromatic carbocycles. The molecule has 0 aliphatic carbocycles. The van der Waals surface area contributed by atoms with Gasteiger partial charge in [0.1, 0.15) is 19.3 Å². The molecule has 1 N–H and O–H groups in total. The zero-order valence-electron chi connectivity index (χ0n) is 47.2. The summed E-state index contributed by atoms with van der Waals surface area (Å²) in [5.74, 6) is -0.530. The van der Waals surface area contributed by atoms with Gasteiger partial charge >= 0.3 is 5.97 Å². The third-order valence-electron chi connectivity index (χ3n) is 13.6. The van der Waals surface area contributed by atoms with E-state index < -0.39 is 20.0 Å². The molecule has 0 heterocycles. The quantitative estimate of drug-likeness (QED) is 0.0212. The number of unbranched alkanes of at least 4 members (excludes halogenated alkanes) is 37. The number of phosphoric ester groups is 1. The van der Waals surface area contributed by atoms with Gasteiger partial charge in [0.2, 0.25) is 5.91 Å². The van der Waals surface area contributed by atoms with E-state index >= 15 is 0 Å². The molecule has 10 heteroatoms. The highest BCUT2D eigenvalue weighted by atomic mass is 31.2. The molecule has 0 bridgehead atoms. The normalized spacial score (nSPS) is 13.9. The van der Waals surface area contributed by atoms with Gasteiger partial charge in [-0.3, -0.25) is 14.2 Å². The largest absolute Gasteiger partial charge is 0.756 e. The Morgan fingerprint density at radius 2 is 0.829 bits per heavy atom. The maximum atomic E-state index is 13.5. The first-order valence-electron chi connectivity index (χ1n) is 30.1. The number of ether oxygens (including phenoxy) is 1. The molecule has 0 aliphatic rings. The number of amides is 1. The number of allylic oxidation sites excluding steroid dienone is 3. The molecule has 1 amide bonds. The van der Waals surface area contributed by atoms with Gasteiger partial charge in [0.05, 0.1) is 33.8 Å². The minimum atomic E-state index is -4.69. The maximum Gasteiger partial charge on any atom is 0.306 e. The summed E-state index contributed by atoms with van der Waals surface area (Å²) in [4.78, 5) is 39.8. The molecular weight excluding hydrogens is 892 g/mol. The molecule has 0 saturated carbocycles. The zero-order valence-corrected chi connectivity index (χ0v) is 48.1. The van der Waals surface area contributed by atoms with Crippen LogP contribution in [0.1, 0.15) is 297 Å². The van der Waals surface area contributed by atoms with Crippen molar-refractivity contribution in [3.8, 4) is 0 Å². The lowest BCUT2D eigenvalue weighted by Gasteiger charge is -2.30. The molecule has 0 rings (SSSR count). The summed E-state index contributed by atoms with van der Waals surface area (Å²) in [6, 6.07) is -0.881. The highest BCUT2D eigenvalue weighted by molar-refractivity contribution is 7.45. The van der Waals surface area contributed by atoms with Crippen LogP contribution < -0.4 is 10.2 Å². The van der Waals surface area contributed by atoms with Gasteiger partial charge in [-0.2, -0.15) is 0 Å². The van der Waals surface area contributed by atoms with Gasteiger partial charge in [0, 0.05) is 12.8 Å². The molecule has 0 saturated heterocycles. The Kier molecular flexibility index (Phi) is 49.9. The van der Waals surface area contributed by atoms with Crippen LogP contribution in [0.3, 0.4) is 0 Å². The second kappa shape index (κ2) is 51.0. The van der Waals surface area contributed by atoms with Gasteiger partial charge in [-0.25, -0.2) is 0 Å². The molecule has 0 fully saturated rings. The third kappa shape index (κ3) is 51.4. The van der Waals surface area contributed by atoms with Crippen LogP contribution in [0.25, 0.3) is 0 Å². The second-order valence-corrected chi connectivity index (χ2v) is 23.3. The zero-order chi connectivity index (χ0) is 51.5. The lowest BCUT2D eigenvalue weighted by Crippen LogP contribution is -2.47. The number of quaternary nitrogens is 1. The van der Waals surface area contributed by atoms with Gasteiger partial charge < -0.3 is 28.5 Å². The number of hydrogen-bond donors (Lipinski definition) is 1. The summed E-state index contributed by atoms with van der Waals surface area (Å²) < 4.78 is 30.2. The fourth-order valence-electron chi connectivity index (χ4n) is 8.93. The van der Waals surface area contributed by atoms with Crippen molar-refractivity contribution in [2.45, 2.75) is 309 Å². The third-order valence-corrected chi connectivity index (χ3v) is 14.6. The van der Waals surface area contributed by atoms with Crippen molar-refractivity contribution in [3.05, 3.63) is 24.3 Å². The Bertz CT molecular complexity index is 1250. The van der Waals surface area contributed by atoms with E-state index in [0.29, 0.717) is 17.4 Å². The Morgan fingerprint density at radius 1 is 0.486 bits per heavy atom. The molecule has 9 nitrogen and oxygen atoms in total. The first-order chi connectivity index (χ1) is 33.9. The van der Waals surface area contributed by atoms with Gasteiger partial charge in [-0.15, -0.1) is 0 Å². The van der Waals surface area contributed by atoms with Crippen LogP contribution in [0, 0.1) is 0 Å². The van der Waals surface area contributed by atoms with E-state index in [1.165, 1.54) is 205 Å². The van der Waals surface area contributed by atoms with E-state index in [4.69, 9.17) is 13.8 Å². The number of rotatable bonds is 55. The molecule has 414 valence electrons. The van der Waals surface area contributed by atoms with E-state index in [2.05, 4.69) is 38.2 Å². The molecule has 3 unspecified atom stereocenters. The SMILES string of the molecule is CCCCCCCC/C=C/CCCCCCCCCCCCCC(=O)NC(COP(=O)([O-])OCC[N+](C)(C)C)C(/C=C\CCCCCCCCCCCC)OC(=O)CCCCCCCCCCCCC. The smallest absolute Gasteiger partial charge is 0.306 e. The Balaban J connectivity index is 5.16. The number of nitrogens with one attached hydrogen (secondary N) is 1. The topological polar surface area (TPSA) is 114 Å². The van der Waals surface area contributed by atoms with E-state index in [0.717, 1.165) is 57.8 Å². The van der Waals surface area contributed by atoms with Crippen molar-refractivity contribution < 1.29 is 37.3 Å². The fourth-order valence-corrected chi connectivity index (χ4v) is 9.65. The van der Waals surface area contributed by atoms with Crippen LogP contribution in [0.4, 0.5) is 0 Å². The minimum absolute atomic E-state index is 0.0189. The monoisotopic (exact) mass is 1010 g/mol. The van der Waals surface area contributed by atoms with E-state index in [1.807, 2.05) is 33.3 Å². The van der Waals surface area contributed by atoms with Crippen LogP contribution >= 0.6 is 7.82 Å². The number of nitrogens with zero attached hydrogens (tertiary/aromatic N) is 1. The molecule has 0 aromatic heterocycles. The Labute approximate surface area is 434 Å². The summed E-state index contributed by atoms with van der Waals surface area (Å²) in [5, 5.41) is 3.03. The standard InChI is InChI=1S/C60H117N2O7P/c1-7-10-13-16-19-22-25-27-28-29-30-31-32-33-34-35-38-40-43-46-49-52-59(63)61-57(56-68-70(65,66)67-55-54-62(4,5)6)58(51-48-45-42-39-37-26-23-20-17-14-11-8-2)69-60(64)53-50-47-44-41-36-24-21-18-15-12-9-3/h27-28,48,51,57-58H,7-26,29-47,49-50,52-56H2,1-6H3,(H-,61,63,65,66)/b28-27+,51-48-. The number of carbonyl (C=O) groups excluding carboxylic acids is 2. The van der Waals surface area contributed by atoms with Crippen molar-refractivity contribution in [1.29, 1.82) is 0 Å². The number of carbonyl (C=O) groups is 2. The highest BCUT2D eigenvalue weighted by Crippen LogP contribution is 2.38. The van der Waals surface area contributed by atoms with Crippen LogP contribution in [0.5, 0.6) is 0 Å². The molecule has 0 aliphatic heterocycles. The molecular formula is C60H117N2O7P. The lowest BCUT2D eigenvalue weighted by atomic mass is 10.0. The number of phosphoric acid groups is 1. The summed E-state index contributed by atoms with van der Waals surface area (Å²) in [5.41, 5.74) is 0. The molecule has 0 radical (unpaired) electrons. The van der Waals surface area contributed by atoms with E-state index in [9.17, 15) is 19.0 Å². The lowest BCUT2D eigenvalue weighted by molar-refractivity contribution is -0.870. The Hall–Kier alpha value is -1.51. The van der Waals surface area contributed by atoms with Crippen LogP contribution in [0.2, 0.25) is 0 Å². The molecule has 0 spiro atoms. The molecule has 0 aromatic rings. The van der Waals surface area contributed by atoms with Crippen LogP contribution in [-0.2, 0) is 27.9 Å². The Morgan fingerprint density at radius 3 is 1.21 bits per heavy atom. The van der Waals surface area contributed by atoms with Crippen molar-refractivity contribution >= 4 is 19.7 Å². The predicted molar refractivity (Wildman–Crippen MR) is 298 cm³/mol. The van der Waals surface area contributed by atoms with Gasteiger partial charge in [-0.1, -0.05) is 251 Å². The fraction of sp³-hybridized carbons (Fsp3) is 0.900. The van der Waals surface area contributed by atoms with E-state index in [1.54, 1.807) is 0 Å². The highest BCUT2D eigenvalue weighted by Gasteiger charge is 2.27. The van der Waals surface area contributed by atoms with Crippen molar-refractivity contribution in [2.75, 3.05) is 40.9 Å². The maximum absolute atomic E-state index is 13.5. The molecule has 70 heavy (non-hydrogen) atoms. The van der Waals surface area contributed by atoms with Gasteiger partial charge in [0.15, 0.2) is 0 Å². The summed E-state index contributed by atoms with van der Waals surface area (Å²) in [7, 11) is 1.20. The van der Waals surface area contributed by atoms with Gasteiger partial charge in [-0.05, 0) is 57.4 Å². The summed E-state index contributed by atoms with van der Waals surface area (Å²) in [6.07, 6.45) is 58.6. The van der Waals surface area contributed by atoms with Crippen LogP contribution in [-0.4, -0.2) is 69.4 Å². The number of esters is 1. The molecule has 3 atom stereocenters. The van der Waals surface area contributed by atoms with Crippen molar-refractivity contribution in [2.24, 2.45) is 0 Å². The first-order valence-corrected chi connectivity index (χ1v) is 31.6. The number of likely N-dealkylation sites (N-methyl/N-ethyl adjacent to an activating group) is 1. The second-order valence-electron chi connectivity index (χ2n) is 21.9. The first kappa shape index (κ1) is 68.5. The minimum Gasteiger partial charge on any atom is -0.756 e. The predicted octanol–water partition coefficient (Wildman–Crippen LogP) is 17.5. The number of hydrogen-bond acceptors (Lipinski definition) is 7. The van der Waals surface area contributed by atoms with Crippen molar-refractivity contribution in [1.82, 2.24) is 5.32 Å². The summed E-state index contributed by atoms with van der Waals surface area (Å²) >= 11 is 0. The van der Waals surface area contributed by atoms with Crippen molar-refractivity contribution in [3.63, 3.8) is 0 Å². The summed E-state index contributed by atoms with van der Waals surface area (Å²) in [6.45, 7) is 6.86. The average Bonchev–Trinajstić information content (AvgIpc) is 3.32. The van der Waals surface area contributed by atoms with Crippen LogP contribution in [0.15, 0.2) is 24.3 Å². The van der Waals surface area contributed by atoms with E-state index in [-0.39, 0.29) is 31.5 Å².